The summed E-state index contributed by atoms with van der Waals surface area (Å²) in [6, 6.07) is 4.45. The number of carbonyl (C=O) groups excluding carboxylic acids is 1. The van der Waals surface area contributed by atoms with Gasteiger partial charge in [0.2, 0.25) is 5.75 Å². The first-order valence-corrected chi connectivity index (χ1v) is 7.49. The second-order valence-corrected chi connectivity index (χ2v) is 5.44. The zero-order valence-electron chi connectivity index (χ0n) is 13.2. The van der Waals surface area contributed by atoms with Crippen molar-refractivity contribution in [2.75, 3.05) is 20.3 Å². The summed E-state index contributed by atoms with van der Waals surface area (Å²) < 4.78 is 10.3. The van der Waals surface area contributed by atoms with Gasteiger partial charge >= 0.3 is 5.69 Å². The molecule has 8 nitrogen and oxygen atoms in total. The Balaban J connectivity index is 1.90. The highest BCUT2D eigenvalue weighted by Crippen LogP contribution is 2.30. The van der Waals surface area contributed by atoms with Crippen molar-refractivity contribution in [1.29, 1.82) is 0 Å². The normalized spacial score (nSPS) is 20.6. The quantitative estimate of drug-likeness (QED) is 0.603. The molecule has 1 aliphatic heterocycles. The summed E-state index contributed by atoms with van der Waals surface area (Å²) in [5.41, 5.74) is -0.147. The summed E-state index contributed by atoms with van der Waals surface area (Å²) in [6.45, 7) is 2.85. The van der Waals surface area contributed by atoms with Gasteiger partial charge < -0.3 is 20.1 Å². The summed E-state index contributed by atoms with van der Waals surface area (Å²) in [6.07, 6.45) is 1.96. The van der Waals surface area contributed by atoms with E-state index in [1.54, 1.807) is 0 Å². The van der Waals surface area contributed by atoms with Crippen molar-refractivity contribution < 1.29 is 19.2 Å². The van der Waals surface area contributed by atoms with Crippen LogP contribution in [0.2, 0.25) is 0 Å². The molecule has 126 valence electrons. The number of carbonyl (C=O) groups is 1. The fourth-order valence-electron chi connectivity index (χ4n) is 2.54. The molecule has 2 atom stereocenters. The first-order valence-electron chi connectivity index (χ1n) is 7.49. The van der Waals surface area contributed by atoms with Crippen LogP contribution in [-0.2, 0) is 4.79 Å². The Morgan fingerprint density at radius 3 is 2.96 bits per heavy atom. The third kappa shape index (κ3) is 4.56. The zero-order valence-corrected chi connectivity index (χ0v) is 13.2. The van der Waals surface area contributed by atoms with Crippen LogP contribution < -0.4 is 20.1 Å². The largest absolute Gasteiger partial charge is 0.490 e. The molecule has 1 aliphatic rings. The van der Waals surface area contributed by atoms with Crippen LogP contribution in [0.15, 0.2) is 18.2 Å². The molecule has 2 N–H and O–H groups in total. The van der Waals surface area contributed by atoms with Gasteiger partial charge in [-0.1, -0.05) is 0 Å². The molecule has 0 aromatic heterocycles. The number of hydrogen-bond donors (Lipinski definition) is 2. The van der Waals surface area contributed by atoms with Crippen molar-refractivity contribution in [2.24, 2.45) is 0 Å². The molecule has 2 rings (SSSR count). The van der Waals surface area contributed by atoms with E-state index < -0.39 is 4.92 Å². The monoisotopic (exact) mass is 323 g/mol. The van der Waals surface area contributed by atoms with Gasteiger partial charge in [-0.3, -0.25) is 14.9 Å². The van der Waals surface area contributed by atoms with Crippen molar-refractivity contribution in [2.45, 2.75) is 31.8 Å². The Labute approximate surface area is 134 Å². The maximum absolute atomic E-state index is 12.0. The van der Waals surface area contributed by atoms with E-state index in [0.717, 1.165) is 19.4 Å². The molecule has 1 aromatic rings. The lowest BCUT2D eigenvalue weighted by Gasteiger charge is -2.30. The fourth-order valence-corrected chi connectivity index (χ4v) is 2.54. The van der Waals surface area contributed by atoms with Gasteiger partial charge in [0.05, 0.1) is 12.0 Å². The number of hydrogen-bond acceptors (Lipinski definition) is 6. The number of methoxy groups -OCH3 is 1. The van der Waals surface area contributed by atoms with E-state index in [4.69, 9.17) is 9.47 Å². The lowest BCUT2D eigenvalue weighted by molar-refractivity contribution is -0.385. The molecule has 0 spiro atoms. The van der Waals surface area contributed by atoms with Gasteiger partial charge in [0.25, 0.3) is 5.91 Å². The molecular formula is C15H21N3O5. The molecule has 1 saturated heterocycles. The van der Waals surface area contributed by atoms with Gasteiger partial charge in [-0.05, 0) is 32.4 Å². The Morgan fingerprint density at radius 1 is 1.52 bits per heavy atom. The number of nitro groups is 1. The highest BCUT2D eigenvalue weighted by molar-refractivity contribution is 5.78. The summed E-state index contributed by atoms with van der Waals surface area (Å²) >= 11 is 0. The average molecular weight is 323 g/mol. The lowest BCUT2D eigenvalue weighted by Crippen LogP contribution is -2.52. The number of ether oxygens (including phenoxy) is 2. The van der Waals surface area contributed by atoms with E-state index in [-0.39, 0.29) is 36.0 Å². The van der Waals surface area contributed by atoms with E-state index >= 15 is 0 Å². The Hall–Kier alpha value is -2.35. The fraction of sp³-hybridized carbons (Fsp3) is 0.533. The van der Waals surface area contributed by atoms with Crippen LogP contribution in [0.3, 0.4) is 0 Å². The van der Waals surface area contributed by atoms with Crippen LogP contribution >= 0.6 is 0 Å². The minimum atomic E-state index is -0.535. The molecule has 2 unspecified atom stereocenters. The van der Waals surface area contributed by atoms with Crippen molar-refractivity contribution in [3.63, 3.8) is 0 Å². The zero-order chi connectivity index (χ0) is 16.8. The van der Waals surface area contributed by atoms with Gasteiger partial charge in [0, 0.05) is 24.2 Å². The number of nitro benzene ring substituents is 1. The summed E-state index contributed by atoms with van der Waals surface area (Å²) in [5.74, 6) is 0.221. The summed E-state index contributed by atoms with van der Waals surface area (Å²) in [7, 11) is 1.34. The maximum atomic E-state index is 12.0. The molecule has 1 aromatic carbocycles. The lowest BCUT2D eigenvalue weighted by atomic mass is 10.00. The molecule has 0 aliphatic carbocycles. The van der Waals surface area contributed by atoms with E-state index in [2.05, 4.69) is 10.6 Å². The molecule has 0 bridgehead atoms. The molecule has 1 amide bonds. The van der Waals surface area contributed by atoms with Crippen LogP contribution in [0.25, 0.3) is 0 Å². The Kier molecular flexibility index (Phi) is 5.75. The molecular weight excluding hydrogens is 302 g/mol. The Morgan fingerprint density at radius 2 is 2.30 bits per heavy atom. The molecule has 0 radical (unpaired) electrons. The minimum absolute atomic E-state index is 0.0891. The second-order valence-electron chi connectivity index (χ2n) is 5.44. The van der Waals surface area contributed by atoms with Crippen molar-refractivity contribution in [3.8, 4) is 11.5 Å². The average Bonchev–Trinajstić information content (AvgIpc) is 2.54. The summed E-state index contributed by atoms with van der Waals surface area (Å²) in [4.78, 5) is 22.2. The van der Waals surface area contributed by atoms with Crippen molar-refractivity contribution >= 4 is 11.6 Å². The second kappa shape index (κ2) is 7.77. The van der Waals surface area contributed by atoms with Gasteiger partial charge in [-0.25, -0.2) is 0 Å². The van der Waals surface area contributed by atoms with Crippen LogP contribution in [0.4, 0.5) is 5.69 Å². The maximum Gasteiger partial charge on any atom is 0.311 e. The molecule has 1 fully saturated rings. The van der Waals surface area contributed by atoms with E-state index in [0.29, 0.717) is 5.75 Å². The topological polar surface area (TPSA) is 103 Å². The Bertz CT molecular complexity index is 578. The number of rotatable bonds is 6. The predicted molar refractivity (Wildman–Crippen MR) is 83.8 cm³/mol. The van der Waals surface area contributed by atoms with Crippen molar-refractivity contribution in [1.82, 2.24) is 10.6 Å². The van der Waals surface area contributed by atoms with Crippen LogP contribution in [0.1, 0.15) is 19.8 Å². The van der Waals surface area contributed by atoms with E-state index in [9.17, 15) is 14.9 Å². The molecule has 8 heteroatoms. The number of amides is 1. The van der Waals surface area contributed by atoms with Gasteiger partial charge in [0.15, 0.2) is 6.61 Å². The smallest absolute Gasteiger partial charge is 0.311 e. The van der Waals surface area contributed by atoms with Crippen molar-refractivity contribution in [3.05, 3.63) is 28.3 Å². The highest BCUT2D eigenvalue weighted by atomic mass is 16.6. The third-order valence-corrected chi connectivity index (χ3v) is 3.83. The predicted octanol–water partition coefficient (Wildman–Crippen LogP) is 1.24. The van der Waals surface area contributed by atoms with Gasteiger partial charge in [-0.2, -0.15) is 0 Å². The van der Waals surface area contributed by atoms with Gasteiger partial charge in [0.1, 0.15) is 5.75 Å². The highest BCUT2D eigenvalue weighted by Gasteiger charge is 2.22. The third-order valence-electron chi connectivity index (χ3n) is 3.83. The molecule has 1 heterocycles. The van der Waals surface area contributed by atoms with Crippen LogP contribution in [0, 0.1) is 10.1 Å². The first-order chi connectivity index (χ1) is 11.0. The van der Waals surface area contributed by atoms with E-state index in [1.165, 1.54) is 25.3 Å². The summed E-state index contributed by atoms with van der Waals surface area (Å²) in [5, 5.41) is 17.1. The van der Waals surface area contributed by atoms with Gasteiger partial charge in [-0.15, -0.1) is 0 Å². The minimum Gasteiger partial charge on any atom is -0.490 e. The first kappa shape index (κ1) is 17.0. The number of nitrogens with one attached hydrogen (secondary N) is 2. The molecule has 0 saturated carbocycles. The standard InChI is InChI=1S/C15H21N3O5/c1-10-12(4-3-7-16-10)17-15(19)9-23-11-5-6-13(18(20)21)14(8-11)22-2/h5-6,8,10,12,16H,3-4,7,9H2,1-2H3,(H,17,19). The number of piperidine rings is 1. The molecule has 23 heavy (non-hydrogen) atoms. The van der Waals surface area contributed by atoms with Crippen LogP contribution in [0.5, 0.6) is 11.5 Å². The SMILES string of the molecule is COc1cc(OCC(=O)NC2CCCNC2C)ccc1[N+](=O)[O-]. The van der Waals surface area contributed by atoms with E-state index in [1.807, 2.05) is 6.92 Å². The number of nitrogens with zero attached hydrogens (tertiary/aromatic N) is 1. The number of benzene rings is 1. The van der Waals surface area contributed by atoms with Crippen LogP contribution in [-0.4, -0.2) is 43.2 Å².